The van der Waals surface area contributed by atoms with Crippen molar-refractivity contribution >= 4 is 0 Å². The number of halogens is 3. The van der Waals surface area contributed by atoms with Crippen molar-refractivity contribution in [3.8, 4) is 0 Å². The van der Waals surface area contributed by atoms with E-state index in [1.165, 1.54) is 0 Å². The fourth-order valence-electron chi connectivity index (χ4n) is 0.438. The molecular formula is C4H9F3N2O. The first-order chi connectivity index (χ1) is 4.45. The predicted octanol–water partition coefficient (Wildman–Crippen LogP) is -0.283. The summed E-state index contributed by atoms with van der Waals surface area (Å²) in [6.45, 7) is -1.72. The molecule has 0 aliphatic rings. The molecule has 0 heterocycles. The number of nitrogens with two attached hydrogens (primary N) is 1. The van der Waals surface area contributed by atoms with E-state index < -0.39 is 12.7 Å². The van der Waals surface area contributed by atoms with Crippen molar-refractivity contribution < 1.29 is 18.3 Å². The SMILES string of the molecule is NN(CCO)CC(F)(F)F. The van der Waals surface area contributed by atoms with E-state index in [1.807, 2.05) is 0 Å². The highest BCUT2D eigenvalue weighted by Crippen LogP contribution is 2.14. The monoisotopic (exact) mass is 158 g/mol. The van der Waals surface area contributed by atoms with Crippen LogP contribution in [0.1, 0.15) is 0 Å². The van der Waals surface area contributed by atoms with Crippen molar-refractivity contribution in [3.63, 3.8) is 0 Å². The van der Waals surface area contributed by atoms with Crippen molar-refractivity contribution in [2.75, 3.05) is 19.7 Å². The lowest BCUT2D eigenvalue weighted by molar-refractivity contribution is -0.147. The molecule has 0 amide bonds. The third-order valence-electron chi connectivity index (χ3n) is 0.770. The van der Waals surface area contributed by atoms with Crippen LogP contribution in [0.4, 0.5) is 13.2 Å². The summed E-state index contributed by atoms with van der Waals surface area (Å²) < 4.78 is 34.3. The average molecular weight is 158 g/mol. The molecule has 0 unspecified atom stereocenters. The summed E-state index contributed by atoms with van der Waals surface area (Å²) in [5, 5.41) is 8.66. The molecule has 3 nitrogen and oxygen atoms in total. The Kier molecular flexibility index (Phi) is 3.62. The molecule has 0 aliphatic heterocycles. The van der Waals surface area contributed by atoms with Gasteiger partial charge in [0.2, 0.25) is 0 Å². The Labute approximate surface area is 56.2 Å². The first kappa shape index (κ1) is 9.67. The molecule has 0 radical (unpaired) electrons. The average Bonchev–Trinajstić information content (AvgIpc) is 1.59. The van der Waals surface area contributed by atoms with Gasteiger partial charge >= 0.3 is 6.18 Å². The second kappa shape index (κ2) is 3.75. The third-order valence-corrected chi connectivity index (χ3v) is 0.770. The Morgan fingerprint density at radius 1 is 1.40 bits per heavy atom. The number of aliphatic hydroxyl groups excluding tert-OH is 1. The second-order valence-corrected chi connectivity index (χ2v) is 1.81. The molecule has 0 fully saturated rings. The molecule has 0 aliphatic carbocycles. The number of nitrogens with zero attached hydrogens (tertiary/aromatic N) is 1. The zero-order valence-corrected chi connectivity index (χ0v) is 5.23. The Morgan fingerprint density at radius 2 is 1.90 bits per heavy atom. The zero-order valence-electron chi connectivity index (χ0n) is 5.23. The van der Waals surface area contributed by atoms with Crippen LogP contribution in [0.25, 0.3) is 0 Å². The maximum atomic E-state index is 11.4. The molecular weight excluding hydrogens is 149 g/mol. The van der Waals surface area contributed by atoms with Crippen LogP contribution in [0.3, 0.4) is 0 Å². The molecule has 3 N–H and O–H groups in total. The number of hydrogen-bond acceptors (Lipinski definition) is 3. The predicted molar refractivity (Wildman–Crippen MR) is 28.9 cm³/mol. The van der Waals surface area contributed by atoms with Gasteiger partial charge in [-0.2, -0.15) is 13.2 Å². The normalized spacial score (nSPS) is 12.6. The number of hydrazine groups is 1. The van der Waals surface area contributed by atoms with Crippen LogP contribution in [-0.4, -0.2) is 36.0 Å². The van der Waals surface area contributed by atoms with Crippen molar-refractivity contribution in [1.29, 1.82) is 0 Å². The second-order valence-electron chi connectivity index (χ2n) is 1.81. The molecule has 0 aromatic carbocycles. The van der Waals surface area contributed by atoms with E-state index in [0.717, 1.165) is 0 Å². The topological polar surface area (TPSA) is 49.5 Å². The number of hydrogen-bond donors (Lipinski definition) is 2. The molecule has 62 valence electrons. The molecule has 0 spiro atoms. The van der Waals surface area contributed by atoms with E-state index in [2.05, 4.69) is 0 Å². The lowest BCUT2D eigenvalue weighted by atomic mass is 10.5. The van der Waals surface area contributed by atoms with E-state index in [4.69, 9.17) is 10.9 Å². The standard InChI is InChI=1S/C4H9F3N2O/c5-4(6,7)3-9(8)1-2-10/h10H,1-3,8H2. The minimum absolute atomic E-state index is 0.167. The third kappa shape index (κ3) is 5.80. The Bertz CT molecular complexity index is 95.0. The summed E-state index contributed by atoms with van der Waals surface area (Å²) >= 11 is 0. The Morgan fingerprint density at radius 3 is 2.20 bits per heavy atom. The minimum Gasteiger partial charge on any atom is -0.395 e. The van der Waals surface area contributed by atoms with Crippen LogP contribution < -0.4 is 5.84 Å². The van der Waals surface area contributed by atoms with Gasteiger partial charge in [0.15, 0.2) is 0 Å². The van der Waals surface area contributed by atoms with Crippen molar-refractivity contribution in [3.05, 3.63) is 0 Å². The van der Waals surface area contributed by atoms with Crippen LogP contribution >= 0.6 is 0 Å². The van der Waals surface area contributed by atoms with Crippen molar-refractivity contribution in [2.45, 2.75) is 6.18 Å². The van der Waals surface area contributed by atoms with Crippen LogP contribution in [0.5, 0.6) is 0 Å². The molecule has 0 aromatic heterocycles. The van der Waals surface area contributed by atoms with E-state index in [1.54, 1.807) is 0 Å². The summed E-state index contributed by atoms with van der Waals surface area (Å²) in [5.74, 6) is 4.82. The van der Waals surface area contributed by atoms with E-state index in [0.29, 0.717) is 5.01 Å². The lowest BCUT2D eigenvalue weighted by Gasteiger charge is -2.16. The maximum absolute atomic E-state index is 11.4. The highest BCUT2D eigenvalue weighted by molar-refractivity contribution is 4.55. The molecule has 0 aromatic rings. The van der Waals surface area contributed by atoms with Gasteiger partial charge in [-0.25, -0.2) is 5.01 Å². The molecule has 10 heavy (non-hydrogen) atoms. The zero-order chi connectivity index (χ0) is 8.20. The van der Waals surface area contributed by atoms with Gasteiger partial charge in [0.25, 0.3) is 0 Å². The summed E-state index contributed by atoms with van der Waals surface area (Å²) in [7, 11) is 0. The van der Waals surface area contributed by atoms with E-state index in [-0.39, 0.29) is 13.2 Å². The first-order valence-electron chi connectivity index (χ1n) is 2.63. The Hall–Kier alpha value is -0.330. The molecule has 0 bridgehead atoms. The van der Waals surface area contributed by atoms with Gasteiger partial charge in [0.05, 0.1) is 6.61 Å². The summed E-state index contributed by atoms with van der Waals surface area (Å²) in [5.41, 5.74) is 0. The fraction of sp³-hybridized carbons (Fsp3) is 1.00. The van der Waals surface area contributed by atoms with Crippen LogP contribution in [-0.2, 0) is 0 Å². The van der Waals surface area contributed by atoms with Crippen LogP contribution in [0.2, 0.25) is 0 Å². The summed E-state index contributed by atoms with van der Waals surface area (Å²) in [6.07, 6.45) is -4.29. The highest BCUT2D eigenvalue weighted by Gasteiger charge is 2.29. The van der Waals surface area contributed by atoms with Crippen molar-refractivity contribution in [2.24, 2.45) is 5.84 Å². The van der Waals surface area contributed by atoms with Gasteiger partial charge < -0.3 is 5.11 Å². The maximum Gasteiger partial charge on any atom is 0.402 e. The molecule has 0 saturated carbocycles. The summed E-state index contributed by atoms with van der Waals surface area (Å²) in [4.78, 5) is 0. The highest BCUT2D eigenvalue weighted by atomic mass is 19.4. The van der Waals surface area contributed by atoms with Crippen LogP contribution in [0.15, 0.2) is 0 Å². The Balaban J connectivity index is 3.47. The van der Waals surface area contributed by atoms with Gasteiger partial charge in [-0.05, 0) is 0 Å². The van der Waals surface area contributed by atoms with Gasteiger partial charge in [-0.3, -0.25) is 5.84 Å². The van der Waals surface area contributed by atoms with Gasteiger partial charge in [0, 0.05) is 6.54 Å². The van der Waals surface area contributed by atoms with Gasteiger partial charge in [-0.1, -0.05) is 0 Å². The quantitative estimate of drug-likeness (QED) is 0.438. The van der Waals surface area contributed by atoms with E-state index in [9.17, 15) is 13.2 Å². The molecule has 0 atom stereocenters. The van der Waals surface area contributed by atoms with Crippen LogP contribution in [0, 0.1) is 0 Å². The lowest BCUT2D eigenvalue weighted by Crippen LogP contribution is -2.41. The number of alkyl halides is 3. The molecule has 6 heteroatoms. The number of rotatable bonds is 3. The molecule has 0 rings (SSSR count). The van der Waals surface area contributed by atoms with Gasteiger partial charge in [0.1, 0.15) is 6.54 Å². The summed E-state index contributed by atoms with van der Waals surface area (Å²) in [6, 6.07) is 0. The first-order valence-corrected chi connectivity index (χ1v) is 2.63. The molecule has 0 saturated heterocycles. The number of aliphatic hydroxyl groups is 1. The van der Waals surface area contributed by atoms with Crippen molar-refractivity contribution in [1.82, 2.24) is 5.01 Å². The van der Waals surface area contributed by atoms with Gasteiger partial charge in [-0.15, -0.1) is 0 Å². The minimum atomic E-state index is -4.29. The smallest absolute Gasteiger partial charge is 0.395 e. The fourth-order valence-corrected chi connectivity index (χ4v) is 0.438. The van der Waals surface area contributed by atoms with E-state index >= 15 is 0 Å². The largest absolute Gasteiger partial charge is 0.402 e.